The van der Waals surface area contributed by atoms with Crippen molar-refractivity contribution in [3.63, 3.8) is 0 Å². The van der Waals surface area contributed by atoms with E-state index >= 15 is 0 Å². The van der Waals surface area contributed by atoms with Gasteiger partial charge in [-0.15, -0.1) is 11.8 Å². The second-order valence-electron chi connectivity index (χ2n) is 3.17. The van der Waals surface area contributed by atoms with Crippen LogP contribution in [0, 0.1) is 0 Å². The number of anilines is 1. The van der Waals surface area contributed by atoms with E-state index in [1.165, 1.54) is 0 Å². The van der Waals surface area contributed by atoms with E-state index in [2.05, 4.69) is 5.32 Å². The van der Waals surface area contributed by atoms with Crippen LogP contribution in [-0.2, 0) is 4.79 Å². The minimum absolute atomic E-state index is 0.0266. The van der Waals surface area contributed by atoms with Crippen molar-refractivity contribution >= 4 is 23.4 Å². The molecule has 0 aliphatic rings. The summed E-state index contributed by atoms with van der Waals surface area (Å²) in [7, 11) is 0. The summed E-state index contributed by atoms with van der Waals surface area (Å²) in [5.41, 5.74) is 6.18. The molecule has 0 saturated carbocycles. The van der Waals surface area contributed by atoms with Crippen molar-refractivity contribution in [1.82, 2.24) is 0 Å². The summed E-state index contributed by atoms with van der Waals surface area (Å²) in [6.45, 7) is 0.554. The van der Waals surface area contributed by atoms with E-state index in [1.807, 2.05) is 30.5 Å². The summed E-state index contributed by atoms with van der Waals surface area (Å²) in [6, 6.07) is 7.80. The number of nitrogens with one attached hydrogen (secondary N) is 1. The van der Waals surface area contributed by atoms with Gasteiger partial charge in [0.2, 0.25) is 5.91 Å². The Labute approximate surface area is 94.4 Å². The van der Waals surface area contributed by atoms with Gasteiger partial charge in [-0.1, -0.05) is 6.07 Å². The lowest BCUT2D eigenvalue weighted by molar-refractivity contribution is -0.116. The van der Waals surface area contributed by atoms with Crippen molar-refractivity contribution < 1.29 is 4.79 Å². The van der Waals surface area contributed by atoms with Crippen LogP contribution in [0.5, 0.6) is 0 Å². The molecule has 0 aromatic heterocycles. The van der Waals surface area contributed by atoms with Crippen LogP contribution in [0.2, 0.25) is 0 Å². The van der Waals surface area contributed by atoms with Crippen molar-refractivity contribution in [3.8, 4) is 0 Å². The number of carbonyl (C=O) groups excluding carboxylic acids is 1. The maximum absolute atomic E-state index is 11.4. The van der Waals surface area contributed by atoms with Crippen LogP contribution in [0.1, 0.15) is 12.8 Å². The first-order chi connectivity index (χ1) is 7.26. The number of nitrogens with two attached hydrogens (primary N) is 1. The maximum atomic E-state index is 11.4. The number of hydrogen-bond donors (Lipinski definition) is 2. The highest BCUT2D eigenvalue weighted by molar-refractivity contribution is 7.98. The summed E-state index contributed by atoms with van der Waals surface area (Å²) < 4.78 is 0. The van der Waals surface area contributed by atoms with E-state index in [0.717, 1.165) is 17.0 Å². The van der Waals surface area contributed by atoms with Crippen LogP contribution in [-0.4, -0.2) is 18.7 Å². The van der Waals surface area contributed by atoms with E-state index in [1.54, 1.807) is 11.8 Å². The van der Waals surface area contributed by atoms with Crippen molar-refractivity contribution in [2.45, 2.75) is 17.7 Å². The highest BCUT2D eigenvalue weighted by Gasteiger charge is 2.01. The Morgan fingerprint density at radius 3 is 3.00 bits per heavy atom. The number of thioether (sulfide) groups is 1. The molecule has 4 heteroatoms. The fourth-order valence-corrected chi connectivity index (χ4v) is 1.65. The Balaban J connectivity index is 2.52. The molecule has 1 aromatic carbocycles. The van der Waals surface area contributed by atoms with Crippen LogP contribution >= 0.6 is 11.8 Å². The third kappa shape index (κ3) is 4.36. The fraction of sp³-hybridized carbons (Fsp3) is 0.364. The average molecular weight is 224 g/mol. The Kier molecular flexibility index (Phi) is 5.21. The van der Waals surface area contributed by atoms with Gasteiger partial charge in [0.25, 0.3) is 0 Å². The highest BCUT2D eigenvalue weighted by atomic mass is 32.2. The van der Waals surface area contributed by atoms with E-state index < -0.39 is 0 Å². The zero-order valence-electron chi connectivity index (χ0n) is 8.82. The Morgan fingerprint density at radius 1 is 1.53 bits per heavy atom. The zero-order valence-corrected chi connectivity index (χ0v) is 9.64. The SMILES string of the molecule is CSc1cccc(NC(=O)CCCN)c1. The number of benzene rings is 1. The molecular weight excluding hydrogens is 208 g/mol. The largest absolute Gasteiger partial charge is 0.330 e. The van der Waals surface area contributed by atoms with Crippen LogP contribution in [0.4, 0.5) is 5.69 Å². The van der Waals surface area contributed by atoms with Gasteiger partial charge in [0.05, 0.1) is 0 Å². The van der Waals surface area contributed by atoms with Crippen LogP contribution in [0.25, 0.3) is 0 Å². The van der Waals surface area contributed by atoms with Gasteiger partial charge < -0.3 is 11.1 Å². The molecule has 0 aliphatic heterocycles. The molecule has 0 radical (unpaired) electrons. The maximum Gasteiger partial charge on any atom is 0.224 e. The molecule has 3 N–H and O–H groups in total. The number of hydrogen-bond acceptors (Lipinski definition) is 3. The molecule has 0 heterocycles. The number of carbonyl (C=O) groups is 1. The third-order valence-corrected chi connectivity index (χ3v) is 2.69. The smallest absolute Gasteiger partial charge is 0.224 e. The van der Waals surface area contributed by atoms with Gasteiger partial charge in [0.15, 0.2) is 0 Å². The fourth-order valence-electron chi connectivity index (χ4n) is 1.19. The normalized spacial score (nSPS) is 10.0. The molecule has 0 saturated heterocycles. The standard InChI is InChI=1S/C11H16N2OS/c1-15-10-5-2-4-9(8-10)13-11(14)6-3-7-12/h2,4-5,8H,3,6-7,12H2,1H3,(H,13,14). The Bertz CT molecular complexity index is 328. The monoisotopic (exact) mass is 224 g/mol. The lowest BCUT2D eigenvalue weighted by atomic mass is 10.2. The van der Waals surface area contributed by atoms with E-state index in [-0.39, 0.29) is 5.91 Å². The first kappa shape index (κ1) is 12.1. The van der Waals surface area contributed by atoms with E-state index in [4.69, 9.17) is 5.73 Å². The quantitative estimate of drug-likeness (QED) is 0.753. The molecule has 0 fully saturated rings. The summed E-state index contributed by atoms with van der Waals surface area (Å²) in [5, 5.41) is 2.84. The Morgan fingerprint density at radius 2 is 2.33 bits per heavy atom. The van der Waals surface area contributed by atoms with Gasteiger partial charge in [0, 0.05) is 17.0 Å². The molecule has 0 unspecified atom stereocenters. The molecular formula is C11H16N2OS. The molecule has 1 amide bonds. The van der Waals surface area contributed by atoms with Crippen LogP contribution in [0.3, 0.4) is 0 Å². The van der Waals surface area contributed by atoms with Crippen molar-refractivity contribution in [1.29, 1.82) is 0 Å². The van der Waals surface area contributed by atoms with E-state index in [9.17, 15) is 4.79 Å². The third-order valence-electron chi connectivity index (χ3n) is 1.96. The minimum Gasteiger partial charge on any atom is -0.330 e. The second kappa shape index (κ2) is 6.48. The van der Waals surface area contributed by atoms with Gasteiger partial charge in [0.1, 0.15) is 0 Å². The summed E-state index contributed by atoms with van der Waals surface area (Å²) >= 11 is 1.66. The molecule has 1 aromatic rings. The number of rotatable bonds is 5. The Hall–Kier alpha value is -1.00. The van der Waals surface area contributed by atoms with Crippen molar-refractivity contribution in [3.05, 3.63) is 24.3 Å². The van der Waals surface area contributed by atoms with Crippen LogP contribution < -0.4 is 11.1 Å². The summed E-state index contributed by atoms with van der Waals surface area (Å²) in [4.78, 5) is 12.5. The topological polar surface area (TPSA) is 55.1 Å². The van der Waals surface area contributed by atoms with Gasteiger partial charge >= 0.3 is 0 Å². The molecule has 0 spiro atoms. The number of amides is 1. The first-order valence-corrected chi connectivity index (χ1v) is 6.12. The molecule has 1 rings (SSSR count). The van der Waals surface area contributed by atoms with Crippen molar-refractivity contribution in [2.24, 2.45) is 5.73 Å². The van der Waals surface area contributed by atoms with Crippen LogP contribution in [0.15, 0.2) is 29.2 Å². The van der Waals surface area contributed by atoms with Gasteiger partial charge in [-0.2, -0.15) is 0 Å². The lowest BCUT2D eigenvalue weighted by Crippen LogP contribution is -2.13. The minimum atomic E-state index is 0.0266. The first-order valence-electron chi connectivity index (χ1n) is 4.90. The zero-order chi connectivity index (χ0) is 11.1. The summed E-state index contributed by atoms with van der Waals surface area (Å²) in [6.07, 6.45) is 3.23. The van der Waals surface area contributed by atoms with Gasteiger partial charge in [-0.3, -0.25) is 4.79 Å². The molecule has 15 heavy (non-hydrogen) atoms. The predicted molar refractivity (Wildman–Crippen MR) is 65.1 cm³/mol. The van der Waals surface area contributed by atoms with Gasteiger partial charge in [-0.05, 0) is 37.4 Å². The molecule has 82 valence electrons. The van der Waals surface area contributed by atoms with Crippen molar-refractivity contribution in [2.75, 3.05) is 18.1 Å². The lowest BCUT2D eigenvalue weighted by Gasteiger charge is -2.05. The van der Waals surface area contributed by atoms with Gasteiger partial charge in [-0.25, -0.2) is 0 Å². The molecule has 3 nitrogen and oxygen atoms in total. The summed E-state index contributed by atoms with van der Waals surface area (Å²) in [5.74, 6) is 0.0266. The predicted octanol–water partition coefficient (Wildman–Crippen LogP) is 2.09. The van der Waals surface area contributed by atoms with E-state index in [0.29, 0.717) is 13.0 Å². The highest BCUT2D eigenvalue weighted by Crippen LogP contribution is 2.18. The molecule has 0 aliphatic carbocycles. The second-order valence-corrected chi connectivity index (χ2v) is 4.05. The molecule has 0 bridgehead atoms. The molecule has 0 atom stereocenters. The average Bonchev–Trinajstić information content (AvgIpc) is 2.26.